The van der Waals surface area contributed by atoms with E-state index in [9.17, 15) is 0 Å². The molecule has 1 aliphatic heterocycles. The summed E-state index contributed by atoms with van der Waals surface area (Å²) in [7, 11) is 3.69. The zero-order valence-corrected chi connectivity index (χ0v) is 12.7. The van der Waals surface area contributed by atoms with E-state index in [4.69, 9.17) is 9.73 Å². The molecule has 2 rings (SSSR count). The predicted octanol–water partition coefficient (Wildman–Crippen LogP) is 0.854. The lowest BCUT2D eigenvalue weighted by Gasteiger charge is -2.21. The molecule has 20 heavy (non-hydrogen) atoms. The summed E-state index contributed by atoms with van der Waals surface area (Å²) in [6, 6.07) is 0. The third-order valence-electron chi connectivity index (χ3n) is 3.49. The van der Waals surface area contributed by atoms with Gasteiger partial charge in [0.2, 0.25) is 0 Å². The Hall–Kier alpha value is -1.56. The molecule has 1 aliphatic rings. The van der Waals surface area contributed by atoms with Crippen LogP contribution in [0, 0.1) is 5.92 Å². The number of aromatic nitrogens is 2. The summed E-state index contributed by atoms with van der Waals surface area (Å²) in [6.07, 6.45) is 5.04. The summed E-state index contributed by atoms with van der Waals surface area (Å²) >= 11 is 0. The van der Waals surface area contributed by atoms with Crippen LogP contribution in [0.15, 0.2) is 17.4 Å². The van der Waals surface area contributed by atoms with E-state index in [1.165, 1.54) is 6.42 Å². The van der Waals surface area contributed by atoms with Gasteiger partial charge < -0.3 is 15.0 Å². The predicted molar refractivity (Wildman–Crippen MR) is 79.6 cm³/mol. The number of rotatable bonds is 5. The number of aliphatic imine (C=N–C) groups is 1. The van der Waals surface area contributed by atoms with E-state index < -0.39 is 0 Å². The fraction of sp³-hybridized carbons (Fsp3) is 0.714. The van der Waals surface area contributed by atoms with Crippen LogP contribution in [0.5, 0.6) is 0 Å². The van der Waals surface area contributed by atoms with Gasteiger partial charge in [-0.3, -0.25) is 4.68 Å². The first-order valence-electron chi connectivity index (χ1n) is 7.22. The van der Waals surface area contributed by atoms with Gasteiger partial charge in [-0.15, -0.1) is 0 Å². The Morgan fingerprint density at radius 2 is 2.45 bits per heavy atom. The smallest absolute Gasteiger partial charge is 0.194 e. The number of nitrogens with zero attached hydrogens (tertiary/aromatic N) is 4. The zero-order valence-electron chi connectivity index (χ0n) is 12.7. The van der Waals surface area contributed by atoms with Crippen molar-refractivity contribution in [2.75, 3.05) is 33.4 Å². The molecule has 0 radical (unpaired) electrons. The third kappa shape index (κ3) is 3.96. The van der Waals surface area contributed by atoms with E-state index in [1.54, 1.807) is 7.11 Å². The highest BCUT2D eigenvalue weighted by molar-refractivity contribution is 5.80. The summed E-state index contributed by atoms with van der Waals surface area (Å²) in [5.74, 6) is 1.61. The number of ether oxygens (including phenoxy) is 1. The van der Waals surface area contributed by atoms with Crippen LogP contribution in [0.2, 0.25) is 0 Å². The Morgan fingerprint density at radius 1 is 1.60 bits per heavy atom. The molecule has 1 aromatic heterocycles. The third-order valence-corrected chi connectivity index (χ3v) is 3.49. The Balaban J connectivity index is 1.96. The van der Waals surface area contributed by atoms with Gasteiger partial charge in [-0.25, -0.2) is 4.99 Å². The normalized spacial score (nSPS) is 19.6. The zero-order chi connectivity index (χ0) is 14.4. The fourth-order valence-electron chi connectivity index (χ4n) is 2.54. The number of hydrogen-bond acceptors (Lipinski definition) is 3. The largest absolute Gasteiger partial charge is 0.384 e. The van der Waals surface area contributed by atoms with Gasteiger partial charge in [0.1, 0.15) is 0 Å². The van der Waals surface area contributed by atoms with E-state index in [1.807, 2.05) is 24.1 Å². The molecule has 1 atom stereocenters. The van der Waals surface area contributed by atoms with E-state index in [2.05, 4.69) is 22.2 Å². The molecule has 6 nitrogen and oxygen atoms in total. The Labute approximate surface area is 120 Å². The van der Waals surface area contributed by atoms with E-state index in [-0.39, 0.29) is 0 Å². The summed E-state index contributed by atoms with van der Waals surface area (Å²) in [6.45, 7) is 6.55. The summed E-state index contributed by atoms with van der Waals surface area (Å²) in [4.78, 5) is 7.03. The molecule has 0 aliphatic carbocycles. The first-order valence-corrected chi connectivity index (χ1v) is 7.22. The Kier molecular flexibility index (Phi) is 5.40. The highest BCUT2D eigenvalue weighted by Crippen LogP contribution is 2.16. The lowest BCUT2D eigenvalue weighted by atomic mass is 10.1. The van der Waals surface area contributed by atoms with Crippen molar-refractivity contribution in [2.45, 2.75) is 19.9 Å². The van der Waals surface area contributed by atoms with Crippen LogP contribution >= 0.6 is 0 Å². The first-order chi connectivity index (χ1) is 9.72. The summed E-state index contributed by atoms with van der Waals surface area (Å²) in [5.41, 5.74) is 1.13. The van der Waals surface area contributed by atoms with Crippen molar-refractivity contribution < 1.29 is 4.74 Å². The molecule has 0 saturated carbocycles. The fourth-order valence-corrected chi connectivity index (χ4v) is 2.54. The maximum Gasteiger partial charge on any atom is 0.194 e. The van der Waals surface area contributed by atoms with Gasteiger partial charge in [-0.2, -0.15) is 5.10 Å². The Bertz CT molecular complexity index is 443. The lowest BCUT2D eigenvalue weighted by Crippen LogP contribution is -2.40. The monoisotopic (exact) mass is 279 g/mol. The average molecular weight is 279 g/mol. The number of guanidine groups is 1. The average Bonchev–Trinajstić information content (AvgIpc) is 3.04. The van der Waals surface area contributed by atoms with Crippen LogP contribution < -0.4 is 5.32 Å². The van der Waals surface area contributed by atoms with Gasteiger partial charge in [0.15, 0.2) is 5.96 Å². The van der Waals surface area contributed by atoms with Crippen LogP contribution in [-0.2, 0) is 18.3 Å². The van der Waals surface area contributed by atoms with Crippen molar-refractivity contribution in [3.8, 4) is 0 Å². The molecule has 0 spiro atoms. The molecule has 112 valence electrons. The molecule has 2 heterocycles. The molecule has 0 aromatic carbocycles. The van der Waals surface area contributed by atoms with Crippen molar-refractivity contribution in [3.63, 3.8) is 0 Å². The van der Waals surface area contributed by atoms with Crippen molar-refractivity contribution in [1.82, 2.24) is 20.0 Å². The maximum absolute atomic E-state index is 5.25. The van der Waals surface area contributed by atoms with Gasteiger partial charge >= 0.3 is 0 Å². The van der Waals surface area contributed by atoms with Gasteiger partial charge in [0.05, 0.1) is 19.3 Å². The van der Waals surface area contributed by atoms with Crippen molar-refractivity contribution in [1.29, 1.82) is 0 Å². The van der Waals surface area contributed by atoms with Crippen molar-refractivity contribution >= 4 is 5.96 Å². The standard InChI is InChI=1S/C14H25N5O/c1-4-15-14(16-7-13-8-17-18(2)9-13)19-6-5-12(10-19)11-20-3/h8-9,12H,4-7,10-11H2,1-3H3,(H,15,16). The molecule has 1 unspecified atom stereocenters. The maximum atomic E-state index is 5.25. The lowest BCUT2D eigenvalue weighted by molar-refractivity contribution is 0.157. The van der Waals surface area contributed by atoms with E-state index in [0.717, 1.165) is 37.8 Å². The van der Waals surface area contributed by atoms with E-state index >= 15 is 0 Å². The van der Waals surface area contributed by atoms with Crippen molar-refractivity contribution in [3.05, 3.63) is 18.0 Å². The molecule has 6 heteroatoms. The topological polar surface area (TPSA) is 54.7 Å². The number of methoxy groups -OCH3 is 1. The minimum atomic E-state index is 0.613. The highest BCUT2D eigenvalue weighted by atomic mass is 16.5. The minimum Gasteiger partial charge on any atom is -0.384 e. The second kappa shape index (κ2) is 7.28. The van der Waals surface area contributed by atoms with Crippen molar-refractivity contribution in [2.24, 2.45) is 18.0 Å². The number of hydrogen-bond donors (Lipinski definition) is 1. The van der Waals surface area contributed by atoms with Crippen LogP contribution in [0.1, 0.15) is 18.9 Å². The number of aryl methyl sites for hydroxylation is 1. The molecule has 0 bridgehead atoms. The van der Waals surface area contributed by atoms with E-state index in [0.29, 0.717) is 12.5 Å². The second-order valence-corrected chi connectivity index (χ2v) is 5.25. The van der Waals surface area contributed by atoms with Gasteiger partial charge in [-0.1, -0.05) is 0 Å². The first kappa shape index (κ1) is 14.8. The molecule has 1 fully saturated rings. The molecule has 0 amide bonds. The molecule has 1 saturated heterocycles. The minimum absolute atomic E-state index is 0.613. The van der Waals surface area contributed by atoms with Crippen LogP contribution in [0.3, 0.4) is 0 Å². The number of likely N-dealkylation sites (tertiary alicyclic amines) is 1. The number of nitrogens with one attached hydrogen (secondary N) is 1. The highest BCUT2D eigenvalue weighted by Gasteiger charge is 2.24. The van der Waals surface area contributed by atoms with Crippen LogP contribution in [0.25, 0.3) is 0 Å². The SMILES string of the molecule is CCNC(=NCc1cnn(C)c1)N1CCC(COC)C1. The second-order valence-electron chi connectivity index (χ2n) is 5.25. The van der Waals surface area contributed by atoms with Gasteiger partial charge in [0, 0.05) is 51.5 Å². The summed E-state index contributed by atoms with van der Waals surface area (Å²) < 4.78 is 7.06. The van der Waals surface area contributed by atoms with Gasteiger partial charge in [-0.05, 0) is 13.3 Å². The quantitative estimate of drug-likeness (QED) is 0.641. The van der Waals surface area contributed by atoms with Crippen LogP contribution in [-0.4, -0.2) is 54.0 Å². The summed E-state index contributed by atoms with van der Waals surface area (Å²) in [5, 5.41) is 7.54. The molecular weight excluding hydrogens is 254 g/mol. The van der Waals surface area contributed by atoms with Crippen LogP contribution in [0.4, 0.5) is 0 Å². The molecular formula is C14H25N5O. The molecule has 1 aromatic rings. The van der Waals surface area contributed by atoms with Gasteiger partial charge in [0.25, 0.3) is 0 Å². The Morgan fingerprint density at radius 3 is 3.10 bits per heavy atom. The molecule has 1 N–H and O–H groups in total.